The maximum Gasteiger partial charge on any atom is 0.272 e. The molecule has 4 fully saturated rings. The fourth-order valence-corrected chi connectivity index (χ4v) is 8.50. The minimum atomic E-state index is -0.781. The first kappa shape index (κ1) is 42.2. The van der Waals surface area contributed by atoms with Crippen molar-refractivity contribution in [2.24, 2.45) is 0 Å². The van der Waals surface area contributed by atoms with Crippen LogP contribution in [-0.2, 0) is 9.59 Å². The molecule has 2 saturated heterocycles. The van der Waals surface area contributed by atoms with E-state index >= 15 is 0 Å². The Morgan fingerprint density at radius 2 is 1.09 bits per heavy atom. The van der Waals surface area contributed by atoms with Crippen LogP contribution in [-0.4, -0.2) is 50.1 Å². The summed E-state index contributed by atoms with van der Waals surface area (Å²) < 4.78 is 28.6. The highest BCUT2D eigenvalue weighted by Crippen LogP contribution is 2.49. The van der Waals surface area contributed by atoms with Gasteiger partial charge in [0.1, 0.15) is 35.1 Å². The number of carbonyl (C=O) groups excluding carboxylic acids is 2. The van der Waals surface area contributed by atoms with Crippen molar-refractivity contribution in [3.63, 3.8) is 0 Å². The van der Waals surface area contributed by atoms with E-state index in [-0.39, 0.29) is 32.5 Å². The Kier molecular flexibility index (Phi) is 11.8. The summed E-state index contributed by atoms with van der Waals surface area (Å²) in [7, 11) is 1.65. The molecule has 0 unspecified atom stereocenters. The number of hydrogen-bond acceptors (Lipinski definition) is 7. The first-order chi connectivity index (χ1) is 26.3. The Labute approximate surface area is 343 Å². The number of carbonyl (C=O) groups is 2. The molecule has 2 aliphatic carbocycles. The SMILES string of the molecule is C.C.[C-]#[N+]c1ncc(N2C(=O)C3(CCC3)N(c3ccc(C)c(F)c3)C2=S)cc1C.[C-]#[N+]c1ncc(N2C(=O)C3(CCC3)N(c3ccc(NC)c(F)c3)C2=S)cc1C. The van der Waals surface area contributed by atoms with E-state index in [0.717, 1.165) is 12.8 Å². The Hall–Kier alpha value is -5.90. The molecule has 0 atom stereocenters. The van der Waals surface area contributed by atoms with Crippen LogP contribution in [0.25, 0.3) is 9.69 Å². The van der Waals surface area contributed by atoms with Crippen LogP contribution in [0, 0.1) is 45.5 Å². The van der Waals surface area contributed by atoms with Gasteiger partial charge in [0.05, 0.1) is 17.1 Å². The van der Waals surface area contributed by atoms with E-state index in [4.69, 9.17) is 37.6 Å². The van der Waals surface area contributed by atoms with Crippen molar-refractivity contribution in [1.82, 2.24) is 9.97 Å². The van der Waals surface area contributed by atoms with Crippen molar-refractivity contribution >= 4 is 86.5 Å². The minimum absolute atomic E-state index is 0. The molecule has 8 rings (SSSR count). The molecule has 15 heteroatoms. The third kappa shape index (κ3) is 6.64. The number of nitrogens with one attached hydrogen (secondary N) is 1. The van der Waals surface area contributed by atoms with Crippen LogP contribution in [0.3, 0.4) is 0 Å². The van der Waals surface area contributed by atoms with E-state index in [2.05, 4.69) is 25.0 Å². The van der Waals surface area contributed by atoms with Crippen molar-refractivity contribution in [3.8, 4) is 0 Å². The third-order valence-electron chi connectivity index (χ3n) is 10.9. The summed E-state index contributed by atoms with van der Waals surface area (Å²) in [6, 6.07) is 13.2. The van der Waals surface area contributed by atoms with Gasteiger partial charge in [-0.15, -0.1) is 9.97 Å². The first-order valence-corrected chi connectivity index (χ1v) is 18.4. The van der Waals surface area contributed by atoms with Crippen molar-refractivity contribution in [1.29, 1.82) is 0 Å². The molecule has 0 radical (unpaired) electrons. The normalized spacial score (nSPS) is 17.2. The number of amides is 2. The number of aromatic nitrogens is 2. The van der Waals surface area contributed by atoms with Gasteiger partial charge in [-0.1, -0.05) is 34.1 Å². The number of hydrogen-bond donors (Lipinski definition) is 1. The van der Waals surface area contributed by atoms with E-state index in [0.29, 0.717) is 92.7 Å². The number of benzene rings is 2. The number of rotatable bonds is 5. The molecular weight excluding hydrogens is 765 g/mol. The molecule has 4 heterocycles. The highest BCUT2D eigenvalue weighted by molar-refractivity contribution is 7.81. The van der Waals surface area contributed by atoms with Gasteiger partial charge in [0.25, 0.3) is 23.5 Å². The number of anilines is 5. The van der Waals surface area contributed by atoms with Crippen LogP contribution in [0.4, 0.5) is 48.9 Å². The summed E-state index contributed by atoms with van der Waals surface area (Å²) in [6.07, 6.45) is 7.47. The van der Waals surface area contributed by atoms with Crippen molar-refractivity contribution < 1.29 is 18.4 Å². The van der Waals surface area contributed by atoms with Crippen LogP contribution in [0.5, 0.6) is 0 Å². The maximum absolute atomic E-state index is 14.4. The van der Waals surface area contributed by atoms with Crippen molar-refractivity contribution in [2.75, 3.05) is 32.0 Å². The molecule has 0 bridgehead atoms. The van der Waals surface area contributed by atoms with Gasteiger partial charge >= 0.3 is 0 Å². The lowest BCUT2D eigenvalue weighted by Crippen LogP contribution is -2.55. The van der Waals surface area contributed by atoms with Gasteiger partial charge < -0.3 is 24.8 Å². The molecule has 4 aliphatic rings. The molecule has 1 N–H and O–H groups in total. The van der Waals surface area contributed by atoms with Gasteiger partial charge in [0.2, 0.25) is 0 Å². The second-order valence-electron chi connectivity index (χ2n) is 14.0. The third-order valence-corrected chi connectivity index (χ3v) is 11.6. The van der Waals surface area contributed by atoms with Crippen LogP contribution < -0.4 is 24.9 Å². The summed E-state index contributed by atoms with van der Waals surface area (Å²) in [6.45, 7) is 19.5. The van der Waals surface area contributed by atoms with Crippen LogP contribution in [0.15, 0.2) is 60.9 Å². The standard InChI is InChI=1S/C20H18FN5OS.C20H17FN4OS.2CH4/c1-12-9-14(11-24-17(12)23-3)25-18(27)20(7-4-8-20)26(19(25)28)13-5-6-16(22-2)15(21)10-13;1-12-5-6-14(10-16(12)21)25-19(27)24(18(26)20(25)7-4-8-20)15-9-13(2)17(22-3)23-11-15;;/h5-6,9-11,22H,4,7-8H2,1-2H3;5-6,9-11H,4,7-8H2,1-2H3;2*1H4. The average Bonchev–Trinajstić information content (AvgIpc) is 3.52. The predicted molar refractivity (Wildman–Crippen MR) is 229 cm³/mol. The molecule has 57 heavy (non-hydrogen) atoms. The molecule has 294 valence electrons. The van der Waals surface area contributed by atoms with Gasteiger partial charge in [-0.2, -0.15) is 0 Å². The van der Waals surface area contributed by atoms with Crippen molar-refractivity contribution in [3.05, 3.63) is 112 Å². The second-order valence-corrected chi connectivity index (χ2v) is 14.8. The number of aryl methyl sites for hydroxylation is 3. The lowest BCUT2D eigenvalue weighted by Gasteiger charge is -2.43. The fraction of sp³-hybridized carbons (Fsp3) is 0.333. The number of thiocarbonyl (C=S) groups is 2. The molecular formula is C42H43F2N9O2S2. The van der Waals surface area contributed by atoms with Gasteiger partial charge in [-0.05, 0) is 143 Å². The summed E-state index contributed by atoms with van der Waals surface area (Å²) in [5.74, 6) is -0.375. The fourth-order valence-electron chi connectivity index (χ4n) is 7.57. The Morgan fingerprint density at radius 1 is 0.667 bits per heavy atom. The Bertz CT molecular complexity index is 2400. The van der Waals surface area contributed by atoms with E-state index < -0.39 is 16.9 Å². The molecule has 2 aromatic heterocycles. The summed E-state index contributed by atoms with van der Waals surface area (Å²) in [4.78, 5) is 48.2. The molecule has 4 aromatic rings. The Balaban J connectivity index is 0.000000210. The molecule has 2 amide bonds. The lowest BCUT2D eigenvalue weighted by atomic mass is 9.75. The van der Waals surface area contributed by atoms with Crippen LogP contribution in [0.2, 0.25) is 0 Å². The number of halogens is 2. The van der Waals surface area contributed by atoms with E-state index in [1.807, 2.05) is 0 Å². The average molecular weight is 808 g/mol. The molecule has 2 aliphatic heterocycles. The number of pyridine rings is 2. The molecule has 2 aromatic carbocycles. The Morgan fingerprint density at radius 3 is 1.42 bits per heavy atom. The van der Waals surface area contributed by atoms with Crippen molar-refractivity contribution in [2.45, 2.75) is 85.2 Å². The topological polar surface area (TPSA) is 93.6 Å². The highest BCUT2D eigenvalue weighted by Gasteiger charge is 2.61. The quantitative estimate of drug-likeness (QED) is 0.156. The van der Waals surface area contributed by atoms with Crippen LogP contribution in [0.1, 0.15) is 70.1 Å². The zero-order chi connectivity index (χ0) is 39.4. The largest absolute Gasteiger partial charge is 0.386 e. The minimum Gasteiger partial charge on any atom is -0.386 e. The van der Waals surface area contributed by atoms with E-state index in [1.165, 1.54) is 34.3 Å². The summed E-state index contributed by atoms with van der Waals surface area (Å²) >= 11 is 11.3. The second kappa shape index (κ2) is 15.9. The number of nitrogens with zero attached hydrogens (tertiary/aromatic N) is 8. The van der Waals surface area contributed by atoms with Crippen LogP contribution >= 0.6 is 24.4 Å². The van der Waals surface area contributed by atoms with Gasteiger partial charge in [0.15, 0.2) is 10.2 Å². The first-order valence-electron chi connectivity index (χ1n) is 17.6. The molecule has 11 nitrogen and oxygen atoms in total. The molecule has 2 saturated carbocycles. The van der Waals surface area contributed by atoms with Gasteiger partial charge in [0, 0.05) is 18.4 Å². The highest BCUT2D eigenvalue weighted by atomic mass is 32.1. The molecule has 2 spiro atoms. The summed E-state index contributed by atoms with van der Waals surface area (Å²) in [5.41, 5.74) is 2.95. The predicted octanol–water partition coefficient (Wildman–Crippen LogP) is 9.90. The zero-order valence-corrected chi connectivity index (χ0v) is 32.1. The van der Waals surface area contributed by atoms with Gasteiger partial charge in [-0.3, -0.25) is 19.4 Å². The van der Waals surface area contributed by atoms with E-state index in [1.54, 1.807) is 74.0 Å². The smallest absolute Gasteiger partial charge is 0.272 e. The maximum atomic E-state index is 14.4. The summed E-state index contributed by atoms with van der Waals surface area (Å²) in [5, 5.41) is 3.42. The lowest BCUT2D eigenvalue weighted by molar-refractivity contribution is -0.124. The zero-order valence-electron chi connectivity index (χ0n) is 30.5. The van der Waals surface area contributed by atoms with E-state index in [9.17, 15) is 18.4 Å². The monoisotopic (exact) mass is 807 g/mol. The van der Waals surface area contributed by atoms with Gasteiger partial charge in [-0.25, -0.2) is 8.78 Å².